The van der Waals surface area contributed by atoms with Crippen LogP contribution in [0.25, 0.3) is 0 Å². The standard InChI is InChI=1S/C19H16N2O3S/c1-14-7-9-15(10-8-14)20-16-11-12-19(22)18(13-16)21-25(23,24)17-5-3-2-4-6-17/h2-13,20H,1H3/b21-18+. The Labute approximate surface area is 146 Å². The highest BCUT2D eigenvalue weighted by molar-refractivity contribution is 7.90. The van der Waals surface area contributed by atoms with Crippen molar-refractivity contribution in [3.05, 3.63) is 84.1 Å². The van der Waals surface area contributed by atoms with Crippen LogP contribution in [-0.4, -0.2) is 19.9 Å². The predicted molar refractivity (Wildman–Crippen MR) is 98.1 cm³/mol. The minimum Gasteiger partial charge on any atom is -0.355 e. The van der Waals surface area contributed by atoms with Gasteiger partial charge in [-0.2, -0.15) is 12.8 Å². The van der Waals surface area contributed by atoms with E-state index in [4.69, 9.17) is 0 Å². The van der Waals surface area contributed by atoms with Crippen molar-refractivity contribution in [1.82, 2.24) is 0 Å². The Balaban J connectivity index is 1.90. The number of allylic oxidation sites excluding steroid dienone is 3. The molecule has 2 aromatic carbocycles. The molecule has 5 nitrogen and oxygen atoms in total. The third-order valence-electron chi connectivity index (χ3n) is 3.56. The number of carbonyl (C=O) groups is 1. The van der Waals surface area contributed by atoms with Crippen molar-refractivity contribution in [3.63, 3.8) is 0 Å². The summed E-state index contributed by atoms with van der Waals surface area (Å²) in [6, 6.07) is 15.5. The molecule has 3 rings (SSSR count). The molecule has 6 heteroatoms. The monoisotopic (exact) mass is 352 g/mol. The maximum absolute atomic E-state index is 12.3. The predicted octanol–water partition coefficient (Wildman–Crippen LogP) is 3.26. The van der Waals surface area contributed by atoms with Crippen LogP contribution >= 0.6 is 0 Å². The van der Waals surface area contributed by atoms with E-state index in [1.807, 2.05) is 31.2 Å². The topological polar surface area (TPSA) is 75.6 Å². The lowest BCUT2D eigenvalue weighted by Crippen LogP contribution is -2.17. The van der Waals surface area contributed by atoms with E-state index in [1.54, 1.807) is 24.3 Å². The molecule has 0 fully saturated rings. The molecule has 0 heterocycles. The molecule has 0 saturated carbocycles. The Bertz CT molecular complexity index is 987. The highest BCUT2D eigenvalue weighted by Gasteiger charge is 2.18. The molecule has 0 aliphatic heterocycles. The first-order chi connectivity index (χ1) is 11.9. The van der Waals surface area contributed by atoms with Gasteiger partial charge in [0.25, 0.3) is 10.0 Å². The van der Waals surface area contributed by atoms with Gasteiger partial charge >= 0.3 is 0 Å². The second-order valence-electron chi connectivity index (χ2n) is 5.55. The maximum Gasteiger partial charge on any atom is 0.282 e. The van der Waals surface area contributed by atoms with Crippen LogP contribution in [0.2, 0.25) is 0 Å². The van der Waals surface area contributed by atoms with E-state index in [1.165, 1.54) is 24.3 Å². The van der Waals surface area contributed by atoms with Gasteiger partial charge in [0.15, 0.2) is 0 Å². The van der Waals surface area contributed by atoms with Gasteiger partial charge in [0, 0.05) is 11.4 Å². The van der Waals surface area contributed by atoms with Crippen molar-refractivity contribution in [2.75, 3.05) is 5.32 Å². The van der Waals surface area contributed by atoms with E-state index in [2.05, 4.69) is 9.71 Å². The van der Waals surface area contributed by atoms with Gasteiger partial charge in [0.05, 0.1) is 4.90 Å². The third-order valence-corrected chi connectivity index (χ3v) is 4.86. The molecule has 0 spiro atoms. The van der Waals surface area contributed by atoms with Crippen LogP contribution < -0.4 is 5.32 Å². The molecule has 0 radical (unpaired) electrons. The number of carbonyl (C=O) groups excluding carboxylic acids is 1. The molecule has 126 valence electrons. The molecule has 1 N–H and O–H groups in total. The summed E-state index contributed by atoms with van der Waals surface area (Å²) >= 11 is 0. The second-order valence-corrected chi connectivity index (χ2v) is 7.16. The number of rotatable bonds is 4. The van der Waals surface area contributed by atoms with E-state index in [0.29, 0.717) is 5.70 Å². The summed E-state index contributed by atoms with van der Waals surface area (Å²) in [5, 5.41) is 3.13. The number of nitrogens with one attached hydrogen (secondary N) is 1. The van der Waals surface area contributed by atoms with Crippen LogP contribution in [0, 0.1) is 6.92 Å². The molecule has 0 unspecified atom stereocenters. The molecule has 0 aromatic heterocycles. The Morgan fingerprint density at radius 3 is 2.28 bits per heavy atom. The van der Waals surface area contributed by atoms with Crippen LogP contribution in [0.15, 0.2) is 87.8 Å². The fourth-order valence-corrected chi connectivity index (χ4v) is 3.25. The summed E-state index contributed by atoms with van der Waals surface area (Å²) in [6.07, 6.45) is 4.33. The Morgan fingerprint density at radius 2 is 1.60 bits per heavy atom. The van der Waals surface area contributed by atoms with Crippen molar-refractivity contribution < 1.29 is 13.2 Å². The molecule has 0 atom stereocenters. The summed E-state index contributed by atoms with van der Waals surface area (Å²) < 4.78 is 28.4. The summed E-state index contributed by atoms with van der Waals surface area (Å²) in [5.41, 5.74) is 2.43. The zero-order chi connectivity index (χ0) is 17.9. The van der Waals surface area contributed by atoms with Crippen molar-refractivity contribution in [3.8, 4) is 0 Å². The number of aryl methyl sites for hydroxylation is 1. The van der Waals surface area contributed by atoms with Gasteiger partial charge in [-0.15, -0.1) is 0 Å². The van der Waals surface area contributed by atoms with E-state index < -0.39 is 15.8 Å². The largest absolute Gasteiger partial charge is 0.355 e. The average molecular weight is 352 g/mol. The van der Waals surface area contributed by atoms with Crippen LogP contribution in [0.3, 0.4) is 0 Å². The number of anilines is 1. The van der Waals surface area contributed by atoms with Gasteiger partial charge in [0.2, 0.25) is 5.78 Å². The van der Waals surface area contributed by atoms with Crippen molar-refractivity contribution in [2.24, 2.45) is 4.40 Å². The van der Waals surface area contributed by atoms with Crippen LogP contribution in [0.4, 0.5) is 5.69 Å². The van der Waals surface area contributed by atoms with Crippen LogP contribution in [0.5, 0.6) is 0 Å². The van der Waals surface area contributed by atoms with Gasteiger partial charge in [-0.25, -0.2) is 0 Å². The number of benzene rings is 2. The number of nitrogens with zero attached hydrogens (tertiary/aromatic N) is 1. The quantitative estimate of drug-likeness (QED) is 0.857. The Morgan fingerprint density at radius 1 is 0.920 bits per heavy atom. The van der Waals surface area contributed by atoms with Gasteiger partial charge in [-0.05, 0) is 49.4 Å². The zero-order valence-corrected chi connectivity index (χ0v) is 14.3. The number of sulfonamides is 1. The summed E-state index contributed by atoms with van der Waals surface area (Å²) in [7, 11) is -3.93. The van der Waals surface area contributed by atoms with Crippen molar-refractivity contribution in [1.29, 1.82) is 0 Å². The lowest BCUT2D eigenvalue weighted by Gasteiger charge is -2.11. The van der Waals surface area contributed by atoms with E-state index in [0.717, 1.165) is 11.3 Å². The highest BCUT2D eigenvalue weighted by Crippen LogP contribution is 2.17. The second kappa shape index (κ2) is 6.86. The smallest absolute Gasteiger partial charge is 0.282 e. The van der Waals surface area contributed by atoms with Crippen molar-refractivity contribution >= 4 is 27.2 Å². The van der Waals surface area contributed by atoms with Crippen LogP contribution in [0.1, 0.15) is 5.56 Å². The molecule has 0 saturated heterocycles. The number of hydrogen-bond acceptors (Lipinski definition) is 4. The first kappa shape index (κ1) is 16.9. The van der Waals surface area contributed by atoms with Gasteiger partial charge in [0.1, 0.15) is 5.71 Å². The molecule has 0 bridgehead atoms. The number of hydrogen-bond donors (Lipinski definition) is 1. The molecular weight excluding hydrogens is 336 g/mol. The SMILES string of the molecule is Cc1ccc(NC2=C/C(=N\S(=O)(=O)c3ccccc3)C(=O)C=C2)cc1. The van der Waals surface area contributed by atoms with E-state index in [9.17, 15) is 13.2 Å². The molecule has 0 amide bonds. The van der Waals surface area contributed by atoms with Crippen molar-refractivity contribution in [2.45, 2.75) is 11.8 Å². The molecule has 25 heavy (non-hydrogen) atoms. The van der Waals surface area contributed by atoms with E-state index >= 15 is 0 Å². The summed E-state index contributed by atoms with van der Waals surface area (Å²) in [5.74, 6) is -0.450. The Hall–Kier alpha value is -2.99. The number of ketones is 1. The molecule has 1 aliphatic carbocycles. The fraction of sp³-hybridized carbons (Fsp3) is 0.0526. The lowest BCUT2D eigenvalue weighted by molar-refractivity contribution is -0.108. The fourth-order valence-electron chi connectivity index (χ4n) is 2.24. The lowest BCUT2D eigenvalue weighted by atomic mass is 10.1. The van der Waals surface area contributed by atoms with Crippen LogP contribution in [-0.2, 0) is 14.8 Å². The van der Waals surface area contributed by atoms with Gasteiger partial charge < -0.3 is 5.32 Å². The minimum atomic E-state index is -3.93. The molecule has 1 aliphatic rings. The Kier molecular flexibility index (Phi) is 4.63. The van der Waals surface area contributed by atoms with E-state index in [-0.39, 0.29) is 10.6 Å². The van der Waals surface area contributed by atoms with Gasteiger partial charge in [-0.1, -0.05) is 35.9 Å². The minimum absolute atomic E-state index is 0.0475. The van der Waals surface area contributed by atoms with Gasteiger partial charge in [-0.3, -0.25) is 4.79 Å². The third kappa shape index (κ3) is 4.10. The first-order valence-electron chi connectivity index (χ1n) is 7.62. The highest BCUT2D eigenvalue weighted by atomic mass is 32.2. The molecular formula is C19H16N2O3S. The summed E-state index contributed by atoms with van der Waals surface area (Å²) in [4.78, 5) is 12.0. The molecule has 2 aromatic rings. The zero-order valence-electron chi connectivity index (χ0n) is 13.5. The summed E-state index contributed by atoms with van der Waals surface area (Å²) in [6.45, 7) is 1.99. The average Bonchev–Trinajstić information content (AvgIpc) is 2.60. The maximum atomic E-state index is 12.3. The first-order valence-corrected chi connectivity index (χ1v) is 9.06. The normalized spacial score (nSPS) is 16.0.